The highest BCUT2D eigenvalue weighted by Crippen LogP contribution is 2.29. The maximum atomic E-state index is 12.0. The van der Waals surface area contributed by atoms with Gasteiger partial charge in [-0.15, -0.1) is 11.3 Å². The van der Waals surface area contributed by atoms with Gasteiger partial charge >= 0.3 is 5.97 Å². The molecule has 0 aliphatic heterocycles. The zero-order chi connectivity index (χ0) is 15.4. The van der Waals surface area contributed by atoms with E-state index in [2.05, 4.69) is 20.3 Å². The van der Waals surface area contributed by atoms with Gasteiger partial charge in [0.15, 0.2) is 0 Å². The average molecular weight is 310 g/mol. The second-order valence-electron chi connectivity index (χ2n) is 3.98. The lowest BCUT2D eigenvalue weighted by Crippen LogP contribution is -2.16. The number of aryl methyl sites for hydroxylation is 1. The lowest BCUT2D eigenvalue weighted by Gasteiger charge is -2.04. The number of nitrogen functional groups attached to an aromatic ring is 1. The van der Waals surface area contributed by atoms with Crippen LogP contribution in [0.2, 0.25) is 0 Å². The highest BCUT2D eigenvalue weighted by Gasteiger charge is 2.22. The number of amides is 1. The number of rotatable bonds is 5. The fourth-order valence-corrected chi connectivity index (χ4v) is 2.56. The van der Waals surface area contributed by atoms with Crippen LogP contribution < -0.4 is 11.1 Å². The molecule has 0 aliphatic rings. The first-order valence-corrected chi connectivity index (χ1v) is 7.07. The van der Waals surface area contributed by atoms with Crippen molar-refractivity contribution in [3.63, 3.8) is 0 Å². The van der Waals surface area contributed by atoms with E-state index in [4.69, 9.17) is 10.5 Å². The molecule has 0 bridgehead atoms. The molecule has 2 heterocycles. The van der Waals surface area contributed by atoms with Gasteiger partial charge in [0, 0.05) is 4.88 Å². The minimum absolute atomic E-state index is 0.113. The molecule has 112 valence electrons. The summed E-state index contributed by atoms with van der Waals surface area (Å²) in [7, 11) is 0. The molecule has 0 aliphatic carbocycles. The molecule has 3 N–H and O–H groups in total. The summed E-state index contributed by atoms with van der Waals surface area (Å²) in [5, 5.41) is 9.72. The molecular weight excluding hydrogens is 296 g/mol. The molecule has 8 nitrogen and oxygen atoms in total. The Morgan fingerprint density at radius 2 is 2.19 bits per heavy atom. The number of nitrogens with one attached hydrogen (secondary N) is 1. The first kappa shape index (κ1) is 15.0. The molecular formula is C12H14N4O4S. The van der Waals surface area contributed by atoms with Crippen LogP contribution >= 0.6 is 11.3 Å². The van der Waals surface area contributed by atoms with Crippen LogP contribution in [0.25, 0.3) is 0 Å². The van der Waals surface area contributed by atoms with E-state index in [9.17, 15) is 9.59 Å². The van der Waals surface area contributed by atoms with Crippen LogP contribution in [0.4, 0.5) is 10.8 Å². The number of nitrogens with two attached hydrogens (primary N) is 1. The van der Waals surface area contributed by atoms with E-state index >= 15 is 0 Å². The lowest BCUT2D eigenvalue weighted by molar-refractivity contribution is 0.0528. The maximum absolute atomic E-state index is 12.0. The first-order chi connectivity index (χ1) is 10.1. The fourth-order valence-electron chi connectivity index (χ4n) is 1.58. The highest BCUT2D eigenvalue weighted by atomic mass is 32.1. The smallest absolute Gasteiger partial charge is 0.341 e. The number of hydrogen-bond acceptors (Lipinski definition) is 8. The van der Waals surface area contributed by atoms with Gasteiger partial charge < -0.3 is 15.8 Å². The van der Waals surface area contributed by atoms with Crippen molar-refractivity contribution in [1.29, 1.82) is 0 Å². The van der Waals surface area contributed by atoms with Crippen molar-refractivity contribution in [2.24, 2.45) is 0 Å². The Bertz CT molecular complexity index is 664. The maximum Gasteiger partial charge on any atom is 0.341 e. The molecule has 21 heavy (non-hydrogen) atoms. The van der Waals surface area contributed by atoms with Crippen molar-refractivity contribution in [1.82, 2.24) is 10.3 Å². The number of ether oxygens (including phenoxy) is 1. The summed E-state index contributed by atoms with van der Waals surface area (Å²) in [4.78, 5) is 24.9. The monoisotopic (exact) mass is 310 g/mol. The summed E-state index contributed by atoms with van der Waals surface area (Å²) in [5.74, 6) is -1.20. The van der Waals surface area contributed by atoms with Crippen molar-refractivity contribution in [2.45, 2.75) is 20.3 Å². The molecule has 1 amide bonds. The van der Waals surface area contributed by atoms with Gasteiger partial charge in [0.25, 0.3) is 5.91 Å². The van der Waals surface area contributed by atoms with E-state index < -0.39 is 11.9 Å². The van der Waals surface area contributed by atoms with Gasteiger partial charge in [-0.1, -0.05) is 6.92 Å². The van der Waals surface area contributed by atoms with Crippen LogP contribution in [-0.4, -0.2) is 28.8 Å². The van der Waals surface area contributed by atoms with Gasteiger partial charge in [-0.25, -0.2) is 9.42 Å². The topological polar surface area (TPSA) is 120 Å². The summed E-state index contributed by atoms with van der Waals surface area (Å²) in [5.41, 5.74) is 5.63. The van der Waals surface area contributed by atoms with Crippen molar-refractivity contribution < 1.29 is 19.0 Å². The quantitative estimate of drug-likeness (QED) is 0.806. The van der Waals surface area contributed by atoms with Crippen LogP contribution in [0.3, 0.4) is 0 Å². The zero-order valence-corrected chi connectivity index (χ0v) is 12.3. The third kappa shape index (κ3) is 3.19. The van der Waals surface area contributed by atoms with Crippen LogP contribution in [-0.2, 0) is 11.2 Å². The van der Waals surface area contributed by atoms with E-state index in [1.165, 1.54) is 11.3 Å². The molecule has 0 radical (unpaired) electrons. The average Bonchev–Trinajstić information content (AvgIpc) is 3.05. The molecule has 9 heteroatoms. The summed E-state index contributed by atoms with van der Waals surface area (Å²) in [6.07, 6.45) is 0.737. The Balaban J connectivity index is 2.26. The number of carbonyl (C=O) groups is 2. The second kappa shape index (κ2) is 6.35. The first-order valence-electron chi connectivity index (χ1n) is 6.26. The minimum atomic E-state index is -0.594. The second-order valence-corrected chi connectivity index (χ2v) is 5.12. The zero-order valence-electron chi connectivity index (χ0n) is 11.5. The minimum Gasteiger partial charge on any atom is -0.462 e. The SMILES string of the molecule is CCOC(=O)c1cc(CC)sc1NC(=O)c1nonc1N. The lowest BCUT2D eigenvalue weighted by atomic mass is 10.2. The molecule has 2 aromatic heterocycles. The van der Waals surface area contributed by atoms with Gasteiger partial charge in [-0.05, 0) is 29.7 Å². The van der Waals surface area contributed by atoms with Crippen molar-refractivity contribution in [2.75, 3.05) is 17.7 Å². The Morgan fingerprint density at radius 1 is 1.43 bits per heavy atom. The number of hydrogen-bond donors (Lipinski definition) is 2. The van der Waals surface area contributed by atoms with Crippen molar-refractivity contribution >= 4 is 34.0 Å². The molecule has 0 atom stereocenters. The summed E-state index contributed by atoms with van der Waals surface area (Å²) in [6.45, 7) is 3.92. The Hall–Kier alpha value is -2.42. The van der Waals surface area contributed by atoms with E-state index in [0.29, 0.717) is 10.6 Å². The number of nitrogens with zero attached hydrogens (tertiary/aromatic N) is 2. The number of carbonyl (C=O) groups excluding carboxylic acids is 2. The summed E-state index contributed by atoms with van der Waals surface area (Å²) < 4.78 is 9.34. The molecule has 0 fully saturated rings. The standard InChI is InChI=1S/C12H14N4O4S/c1-3-6-5-7(12(18)19-4-2)11(21-6)14-10(17)8-9(13)16-20-15-8/h5H,3-4H2,1-2H3,(H2,13,16)(H,14,17). The van der Waals surface area contributed by atoms with E-state index in [0.717, 1.165) is 11.3 Å². The van der Waals surface area contributed by atoms with Crippen LogP contribution in [0.5, 0.6) is 0 Å². The van der Waals surface area contributed by atoms with Gasteiger partial charge in [0.05, 0.1) is 12.2 Å². The third-order valence-electron chi connectivity index (χ3n) is 2.58. The Labute approximate surface area is 124 Å². The van der Waals surface area contributed by atoms with Crippen molar-refractivity contribution in [3.05, 3.63) is 22.2 Å². The molecule has 0 spiro atoms. The van der Waals surface area contributed by atoms with Gasteiger partial charge in [0.2, 0.25) is 11.5 Å². The number of anilines is 2. The molecule has 0 saturated heterocycles. The van der Waals surface area contributed by atoms with E-state index in [1.54, 1.807) is 13.0 Å². The van der Waals surface area contributed by atoms with E-state index in [1.807, 2.05) is 6.92 Å². The molecule has 0 saturated carbocycles. The van der Waals surface area contributed by atoms with Crippen LogP contribution in [0.1, 0.15) is 39.6 Å². The Morgan fingerprint density at radius 3 is 2.76 bits per heavy atom. The molecule has 2 aromatic rings. The van der Waals surface area contributed by atoms with E-state index in [-0.39, 0.29) is 18.1 Å². The molecule has 0 aromatic carbocycles. The number of thiophene rings is 1. The van der Waals surface area contributed by atoms with Gasteiger partial charge in [0.1, 0.15) is 5.00 Å². The third-order valence-corrected chi connectivity index (χ3v) is 3.78. The largest absolute Gasteiger partial charge is 0.462 e. The highest BCUT2D eigenvalue weighted by molar-refractivity contribution is 7.16. The summed E-state index contributed by atoms with van der Waals surface area (Å²) in [6, 6.07) is 1.70. The van der Waals surface area contributed by atoms with Gasteiger partial charge in [-0.2, -0.15) is 0 Å². The van der Waals surface area contributed by atoms with Crippen LogP contribution in [0.15, 0.2) is 10.7 Å². The Kier molecular flexibility index (Phi) is 4.53. The van der Waals surface area contributed by atoms with Crippen molar-refractivity contribution in [3.8, 4) is 0 Å². The number of aromatic nitrogens is 2. The summed E-state index contributed by atoms with van der Waals surface area (Å²) >= 11 is 1.29. The molecule has 0 unspecified atom stereocenters. The molecule has 2 rings (SSSR count). The fraction of sp³-hybridized carbons (Fsp3) is 0.333. The normalized spacial score (nSPS) is 10.4. The predicted octanol–water partition coefficient (Wildman–Crippen LogP) is 1.70. The predicted molar refractivity (Wildman–Crippen MR) is 76.3 cm³/mol. The number of esters is 1. The van der Waals surface area contributed by atoms with Gasteiger partial charge in [-0.3, -0.25) is 4.79 Å². The van der Waals surface area contributed by atoms with Crippen LogP contribution in [0, 0.1) is 0 Å².